The Morgan fingerprint density at radius 1 is 1.16 bits per heavy atom. The highest BCUT2D eigenvalue weighted by atomic mass is 14.7. The average molecular weight is 256 g/mol. The van der Waals surface area contributed by atoms with E-state index in [-0.39, 0.29) is 5.41 Å². The summed E-state index contributed by atoms with van der Waals surface area (Å²) in [5, 5.41) is 1.43. The lowest BCUT2D eigenvalue weighted by molar-refractivity contribution is 0.454. The van der Waals surface area contributed by atoms with Gasteiger partial charge in [-0.3, -0.25) is 0 Å². The van der Waals surface area contributed by atoms with E-state index in [2.05, 4.69) is 37.9 Å². The molecule has 1 saturated carbocycles. The van der Waals surface area contributed by atoms with E-state index in [4.69, 9.17) is 5.73 Å². The maximum atomic E-state index is 6.19. The lowest BCUT2D eigenvalue weighted by Gasteiger charge is -2.28. The number of nitrogens with two attached hydrogens (primary N) is 1. The van der Waals surface area contributed by atoms with Gasteiger partial charge in [0, 0.05) is 28.6 Å². The van der Waals surface area contributed by atoms with Crippen molar-refractivity contribution in [3.05, 3.63) is 34.5 Å². The second-order valence-corrected chi connectivity index (χ2v) is 6.32. The summed E-state index contributed by atoms with van der Waals surface area (Å²) in [6.07, 6.45) is 5.11. The highest BCUT2D eigenvalue weighted by molar-refractivity contribution is 5.89. The van der Waals surface area contributed by atoms with Crippen LogP contribution in [0.2, 0.25) is 0 Å². The van der Waals surface area contributed by atoms with E-state index < -0.39 is 0 Å². The van der Waals surface area contributed by atoms with Gasteiger partial charge >= 0.3 is 0 Å². The minimum atomic E-state index is 0.211. The first kappa shape index (κ1) is 12.7. The molecule has 2 heteroatoms. The fourth-order valence-electron chi connectivity index (χ4n) is 4.12. The zero-order valence-electron chi connectivity index (χ0n) is 12.3. The van der Waals surface area contributed by atoms with Gasteiger partial charge in [-0.1, -0.05) is 18.9 Å². The molecule has 2 nitrogen and oxygen atoms in total. The van der Waals surface area contributed by atoms with Crippen molar-refractivity contribution in [1.29, 1.82) is 0 Å². The Morgan fingerprint density at radius 2 is 1.84 bits per heavy atom. The molecule has 19 heavy (non-hydrogen) atoms. The number of nitrogens with one attached hydrogen (secondary N) is 1. The zero-order chi connectivity index (χ0) is 13.6. The molecule has 0 aliphatic heterocycles. The van der Waals surface area contributed by atoms with Crippen molar-refractivity contribution in [2.45, 2.75) is 51.9 Å². The Kier molecular flexibility index (Phi) is 2.94. The van der Waals surface area contributed by atoms with Gasteiger partial charge in [0.1, 0.15) is 0 Å². The van der Waals surface area contributed by atoms with Crippen molar-refractivity contribution in [2.75, 3.05) is 6.54 Å². The summed E-state index contributed by atoms with van der Waals surface area (Å²) >= 11 is 0. The summed E-state index contributed by atoms with van der Waals surface area (Å²) in [6.45, 7) is 7.37. The Labute approximate surface area is 115 Å². The van der Waals surface area contributed by atoms with Gasteiger partial charge in [-0.15, -0.1) is 0 Å². The number of H-pyrrole nitrogens is 1. The van der Waals surface area contributed by atoms with E-state index in [1.807, 2.05) is 0 Å². The average Bonchev–Trinajstić information content (AvgIpc) is 2.93. The molecular formula is C17H24N2. The predicted octanol–water partition coefficient (Wildman–Crippen LogP) is 3.86. The first-order valence-corrected chi connectivity index (χ1v) is 7.37. The molecule has 1 heterocycles. The number of aromatic nitrogens is 1. The molecule has 0 radical (unpaired) electrons. The van der Waals surface area contributed by atoms with Crippen LogP contribution in [-0.4, -0.2) is 11.5 Å². The molecule has 0 unspecified atom stereocenters. The second kappa shape index (κ2) is 4.38. The van der Waals surface area contributed by atoms with Crippen LogP contribution in [0, 0.1) is 20.8 Å². The minimum Gasteiger partial charge on any atom is -0.358 e. The van der Waals surface area contributed by atoms with E-state index in [1.54, 1.807) is 0 Å². The van der Waals surface area contributed by atoms with Gasteiger partial charge in [0.25, 0.3) is 0 Å². The predicted molar refractivity (Wildman–Crippen MR) is 81.7 cm³/mol. The molecule has 1 aliphatic carbocycles. The molecule has 0 amide bonds. The van der Waals surface area contributed by atoms with Gasteiger partial charge in [-0.25, -0.2) is 0 Å². The molecule has 1 aliphatic rings. The molecule has 2 aromatic rings. The molecule has 0 spiro atoms. The fraction of sp³-hybridized carbons (Fsp3) is 0.529. The van der Waals surface area contributed by atoms with E-state index in [1.165, 1.54) is 59.0 Å². The number of aromatic amines is 1. The molecule has 1 aromatic carbocycles. The van der Waals surface area contributed by atoms with Crippen molar-refractivity contribution in [3.63, 3.8) is 0 Å². The normalized spacial score (nSPS) is 18.3. The molecule has 0 saturated heterocycles. The van der Waals surface area contributed by atoms with Crippen LogP contribution in [0.15, 0.2) is 12.1 Å². The van der Waals surface area contributed by atoms with E-state index in [0.717, 1.165) is 6.54 Å². The summed E-state index contributed by atoms with van der Waals surface area (Å²) in [5.74, 6) is 0. The molecule has 1 aromatic heterocycles. The number of hydrogen-bond donors (Lipinski definition) is 2. The first-order chi connectivity index (χ1) is 9.07. The van der Waals surface area contributed by atoms with Crippen LogP contribution in [0.25, 0.3) is 10.9 Å². The van der Waals surface area contributed by atoms with Crippen LogP contribution < -0.4 is 5.73 Å². The first-order valence-electron chi connectivity index (χ1n) is 7.37. The lowest BCUT2D eigenvalue weighted by atomic mass is 9.77. The molecular weight excluding hydrogens is 232 g/mol. The minimum absolute atomic E-state index is 0.211. The molecule has 1 fully saturated rings. The smallest absolute Gasteiger partial charge is 0.0464 e. The van der Waals surface area contributed by atoms with Gasteiger partial charge in [-0.05, 0) is 56.4 Å². The van der Waals surface area contributed by atoms with Gasteiger partial charge < -0.3 is 10.7 Å². The lowest BCUT2D eigenvalue weighted by Crippen LogP contribution is -2.32. The summed E-state index contributed by atoms with van der Waals surface area (Å²) in [6, 6.07) is 4.55. The maximum Gasteiger partial charge on any atom is 0.0464 e. The van der Waals surface area contributed by atoms with Crippen LogP contribution >= 0.6 is 0 Å². The van der Waals surface area contributed by atoms with Crippen LogP contribution in [0.3, 0.4) is 0 Å². The molecule has 0 bridgehead atoms. The van der Waals surface area contributed by atoms with Crippen molar-refractivity contribution in [1.82, 2.24) is 4.98 Å². The number of benzene rings is 1. The highest BCUT2D eigenvalue weighted by Crippen LogP contribution is 2.45. The fourth-order valence-corrected chi connectivity index (χ4v) is 4.12. The summed E-state index contributed by atoms with van der Waals surface area (Å²) in [5.41, 5.74) is 13.2. The SMILES string of the molecule is Cc1cc(C)c2c(C3(CN)CCCC3)c(C)[nH]c2c1. The number of fused-ring (bicyclic) bond motifs is 1. The zero-order valence-corrected chi connectivity index (χ0v) is 12.3. The van der Waals surface area contributed by atoms with Crippen molar-refractivity contribution >= 4 is 10.9 Å². The van der Waals surface area contributed by atoms with Crippen molar-refractivity contribution in [2.24, 2.45) is 5.73 Å². The van der Waals surface area contributed by atoms with Gasteiger partial charge in [0.2, 0.25) is 0 Å². The summed E-state index contributed by atoms with van der Waals surface area (Å²) in [4.78, 5) is 3.59. The van der Waals surface area contributed by atoms with Crippen LogP contribution in [-0.2, 0) is 5.41 Å². The Morgan fingerprint density at radius 3 is 2.47 bits per heavy atom. The van der Waals surface area contributed by atoms with E-state index >= 15 is 0 Å². The number of hydrogen-bond acceptors (Lipinski definition) is 1. The Hall–Kier alpha value is -1.28. The quantitative estimate of drug-likeness (QED) is 0.841. The topological polar surface area (TPSA) is 41.8 Å². The number of rotatable bonds is 2. The van der Waals surface area contributed by atoms with Crippen LogP contribution in [0.4, 0.5) is 0 Å². The molecule has 0 atom stereocenters. The molecule has 3 N–H and O–H groups in total. The van der Waals surface area contributed by atoms with Crippen molar-refractivity contribution in [3.8, 4) is 0 Å². The number of aryl methyl sites for hydroxylation is 3. The summed E-state index contributed by atoms with van der Waals surface area (Å²) in [7, 11) is 0. The van der Waals surface area contributed by atoms with Crippen LogP contribution in [0.1, 0.15) is 48.1 Å². The van der Waals surface area contributed by atoms with Gasteiger partial charge in [0.15, 0.2) is 0 Å². The monoisotopic (exact) mass is 256 g/mol. The molecule has 102 valence electrons. The summed E-state index contributed by atoms with van der Waals surface area (Å²) < 4.78 is 0. The Bertz CT molecular complexity index is 616. The molecule has 3 rings (SSSR count). The maximum absolute atomic E-state index is 6.19. The standard InChI is InChI=1S/C17H24N2/c1-11-8-12(2)15-14(9-11)19-13(3)16(15)17(10-18)6-4-5-7-17/h8-9,19H,4-7,10,18H2,1-3H3. The van der Waals surface area contributed by atoms with Crippen molar-refractivity contribution < 1.29 is 0 Å². The Balaban J connectivity index is 2.31. The third-order valence-electron chi connectivity index (χ3n) is 4.91. The van der Waals surface area contributed by atoms with Crippen LogP contribution in [0.5, 0.6) is 0 Å². The van der Waals surface area contributed by atoms with Gasteiger partial charge in [0.05, 0.1) is 0 Å². The highest BCUT2D eigenvalue weighted by Gasteiger charge is 2.37. The second-order valence-electron chi connectivity index (χ2n) is 6.32. The van der Waals surface area contributed by atoms with Gasteiger partial charge in [-0.2, -0.15) is 0 Å². The van der Waals surface area contributed by atoms with E-state index in [0.29, 0.717) is 0 Å². The third-order valence-corrected chi connectivity index (χ3v) is 4.91. The van der Waals surface area contributed by atoms with E-state index in [9.17, 15) is 0 Å². The largest absolute Gasteiger partial charge is 0.358 e. The third kappa shape index (κ3) is 1.81.